The third-order valence-electron chi connectivity index (χ3n) is 3.30. The molecule has 0 N–H and O–H groups in total. The van der Waals surface area contributed by atoms with Gasteiger partial charge in [0.2, 0.25) is 0 Å². The van der Waals surface area contributed by atoms with Crippen molar-refractivity contribution in [3.63, 3.8) is 0 Å². The summed E-state index contributed by atoms with van der Waals surface area (Å²) in [5.74, 6) is 1.36. The summed E-state index contributed by atoms with van der Waals surface area (Å²) in [6.45, 7) is 0.906. The molecule has 0 bridgehead atoms. The van der Waals surface area contributed by atoms with Crippen LogP contribution >= 0.6 is 0 Å². The Morgan fingerprint density at radius 3 is 2.41 bits per heavy atom. The highest BCUT2D eigenvalue weighted by atomic mass is 32.2. The van der Waals surface area contributed by atoms with E-state index < -0.39 is 12.8 Å². The third kappa shape index (κ3) is 4.83. The molecule has 120 valence electrons. The monoisotopic (exact) mass is 329 g/mol. The van der Waals surface area contributed by atoms with Gasteiger partial charge >= 0.3 is 6.18 Å². The Morgan fingerprint density at radius 1 is 1.00 bits per heavy atom. The summed E-state index contributed by atoms with van der Waals surface area (Å²) in [5, 5.41) is 1.72. The van der Waals surface area contributed by atoms with Gasteiger partial charge in [-0.25, -0.2) is 0 Å². The van der Waals surface area contributed by atoms with E-state index in [9.17, 15) is 13.2 Å². The molecule has 0 unspecified atom stereocenters. The minimum atomic E-state index is -4.32. The SMILES string of the molecule is CCCCC[SH+]c1ccc(OCC(F)(F)F)c2ccccc12. The van der Waals surface area contributed by atoms with Crippen molar-refractivity contribution >= 4 is 22.5 Å². The minimum Gasteiger partial charge on any atom is -0.483 e. The van der Waals surface area contributed by atoms with E-state index in [-0.39, 0.29) is 0 Å². The molecule has 0 heterocycles. The lowest BCUT2D eigenvalue weighted by molar-refractivity contribution is -0.153. The topological polar surface area (TPSA) is 9.23 Å². The summed E-state index contributed by atoms with van der Waals surface area (Å²) >= 11 is 1.21. The van der Waals surface area contributed by atoms with E-state index in [0.29, 0.717) is 5.75 Å². The van der Waals surface area contributed by atoms with Crippen LogP contribution in [-0.4, -0.2) is 18.5 Å². The Bertz CT molecular complexity index is 610. The highest BCUT2D eigenvalue weighted by molar-refractivity contribution is 7.78. The fourth-order valence-corrected chi connectivity index (χ4v) is 3.41. The predicted molar refractivity (Wildman–Crippen MR) is 86.9 cm³/mol. The van der Waals surface area contributed by atoms with Gasteiger partial charge in [-0.05, 0) is 31.0 Å². The van der Waals surface area contributed by atoms with E-state index >= 15 is 0 Å². The van der Waals surface area contributed by atoms with Crippen molar-refractivity contribution in [2.45, 2.75) is 37.3 Å². The van der Waals surface area contributed by atoms with Crippen molar-refractivity contribution < 1.29 is 17.9 Å². The van der Waals surface area contributed by atoms with Gasteiger partial charge < -0.3 is 4.74 Å². The van der Waals surface area contributed by atoms with Gasteiger partial charge in [0.25, 0.3) is 0 Å². The molecule has 0 saturated carbocycles. The third-order valence-corrected chi connectivity index (χ3v) is 4.57. The molecule has 0 saturated heterocycles. The second-order valence-electron chi connectivity index (χ2n) is 5.12. The lowest BCUT2D eigenvalue weighted by Crippen LogP contribution is -2.19. The number of hydrogen-bond acceptors (Lipinski definition) is 1. The minimum absolute atomic E-state index is 0.292. The predicted octanol–water partition coefficient (Wildman–Crippen LogP) is 5.14. The van der Waals surface area contributed by atoms with Gasteiger partial charge in [0.05, 0.1) is 0 Å². The lowest BCUT2D eigenvalue weighted by atomic mass is 10.1. The average molecular weight is 329 g/mol. The van der Waals surface area contributed by atoms with Crippen molar-refractivity contribution in [2.75, 3.05) is 12.4 Å². The molecular weight excluding hydrogens is 309 g/mol. The second-order valence-corrected chi connectivity index (χ2v) is 6.37. The van der Waals surface area contributed by atoms with Crippen LogP contribution in [0.2, 0.25) is 0 Å². The van der Waals surface area contributed by atoms with Gasteiger partial charge in [0, 0.05) is 22.5 Å². The zero-order valence-corrected chi connectivity index (χ0v) is 13.4. The maximum absolute atomic E-state index is 12.3. The quantitative estimate of drug-likeness (QED) is 0.388. The van der Waals surface area contributed by atoms with Gasteiger partial charge in [0.1, 0.15) is 11.5 Å². The smallest absolute Gasteiger partial charge is 0.422 e. The number of hydrogen-bond donors (Lipinski definition) is 0. The number of ether oxygens (including phenoxy) is 1. The summed E-state index contributed by atoms with van der Waals surface area (Å²) in [6.07, 6.45) is -0.769. The van der Waals surface area contributed by atoms with Crippen LogP contribution in [0.5, 0.6) is 5.75 Å². The highest BCUT2D eigenvalue weighted by Gasteiger charge is 2.28. The number of thiol groups is 1. The maximum atomic E-state index is 12.3. The number of unbranched alkanes of at least 4 members (excludes halogenated alkanes) is 2. The van der Waals surface area contributed by atoms with Crippen molar-refractivity contribution in [2.24, 2.45) is 0 Å². The van der Waals surface area contributed by atoms with Crippen LogP contribution in [0.25, 0.3) is 10.8 Å². The fourth-order valence-electron chi connectivity index (χ4n) is 2.24. The van der Waals surface area contributed by atoms with Gasteiger partial charge in [0.15, 0.2) is 11.5 Å². The molecule has 0 aromatic heterocycles. The summed E-state index contributed by atoms with van der Waals surface area (Å²) in [5.41, 5.74) is 0. The Balaban J connectivity index is 2.19. The molecule has 0 aliphatic rings. The first-order chi connectivity index (χ1) is 10.5. The lowest BCUT2D eigenvalue weighted by Gasteiger charge is -2.11. The molecular formula is C17H20F3OS+. The zero-order valence-electron chi connectivity index (χ0n) is 12.5. The molecule has 0 aliphatic heterocycles. The van der Waals surface area contributed by atoms with Crippen LogP contribution < -0.4 is 4.74 Å². The van der Waals surface area contributed by atoms with Gasteiger partial charge in [-0.2, -0.15) is 13.2 Å². The molecule has 0 amide bonds. The van der Waals surface area contributed by atoms with Crippen LogP contribution in [0.3, 0.4) is 0 Å². The van der Waals surface area contributed by atoms with Crippen LogP contribution in [-0.2, 0) is 11.8 Å². The van der Waals surface area contributed by atoms with E-state index in [4.69, 9.17) is 4.74 Å². The fraction of sp³-hybridized carbons (Fsp3) is 0.412. The summed E-state index contributed by atoms with van der Waals surface area (Å²) in [7, 11) is 0. The van der Waals surface area contributed by atoms with Crippen LogP contribution in [0.1, 0.15) is 26.2 Å². The molecule has 5 heteroatoms. The Kier molecular flexibility index (Phi) is 6.00. The normalized spacial score (nSPS) is 11.8. The number of alkyl halides is 3. The average Bonchev–Trinajstić information content (AvgIpc) is 2.49. The van der Waals surface area contributed by atoms with Crippen LogP contribution in [0.4, 0.5) is 13.2 Å². The van der Waals surface area contributed by atoms with E-state index in [0.717, 1.165) is 21.4 Å². The maximum Gasteiger partial charge on any atom is 0.422 e. The summed E-state index contributed by atoms with van der Waals surface area (Å²) < 4.78 is 42.0. The van der Waals surface area contributed by atoms with E-state index in [1.165, 1.54) is 31.0 Å². The molecule has 0 fully saturated rings. The van der Waals surface area contributed by atoms with Crippen molar-refractivity contribution in [3.05, 3.63) is 36.4 Å². The largest absolute Gasteiger partial charge is 0.483 e. The molecule has 2 aromatic rings. The van der Waals surface area contributed by atoms with Crippen molar-refractivity contribution in [3.8, 4) is 5.75 Å². The van der Waals surface area contributed by atoms with E-state index in [1.54, 1.807) is 6.07 Å². The van der Waals surface area contributed by atoms with Crippen LogP contribution in [0, 0.1) is 0 Å². The molecule has 0 atom stereocenters. The van der Waals surface area contributed by atoms with E-state index in [1.807, 2.05) is 30.3 Å². The molecule has 1 nitrogen and oxygen atoms in total. The first kappa shape index (κ1) is 17.0. The molecule has 0 spiro atoms. The molecule has 2 aromatic carbocycles. The number of halogens is 3. The summed E-state index contributed by atoms with van der Waals surface area (Å²) in [6, 6.07) is 11.0. The van der Waals surface area contributed by atoms with Gasteiger partial charge in [-0.15, -0.1) is 0 Å². The van der Waals surface area contributed by atoms with Crippen molar-refractivity contribution in [1.82, 2.24) is 0 Å². The molecule has 22 heavy (non-hydrogen) atoms. The standard InChI is InChI=1S/C17H19F3OS/c1-2-3-6-11-22-16-10-9-15(21-12-17(18,19)20)13-7-4-5-8-14(13)16/h4-5,7-10H,2-3,6,11-12H2,1H3/p+1. The Morgan fingerprint density at radius 2 is 1.73 bits per heavy atom. The Hall–Kier alpha value is -1.36. The first-order valence-electron chi connectivity index (χ1n) is 7.40. The highest BCUT2D eigenvalue weighted by Crippen LogP contribution is 2.31. The molecule has 2 rings (SSSR count). The first-order valence-corrected chi connectivity index (χ1v) is 8.48. The van der Waals surface area contributed by atoms with Crippen molar-refractivity contribution in [1.29, 1.82) is 0 Å². The van der Waals surface area contributed by atoms with Gasteiger partial charge in [-0.1, -0.05) is 31.5 Å². The Labute approximate surface area is 132 Å². The molecule has 0 radical (unpaired) electrons. The van der Waals surface area contributed by atoms with Crippen LogP contribution in [0.15, 0.2) is 41.3 Å². The number of fused-ring (bicyclic) bond motifs is 1. The zero-order chi connectivity index (χ0) is 16.0. The van der Waals surface area contributed by atoms with Gasteiger partial charge in [-0.3, -0.25) is 0 Å². The number of benzene rings is 2. The molecule has 0 aliphatic carbocycles. The second kappa shape index (κ2) is 7.77. The summed E-state index contributed by atoms with van der Waals surface area (Å²) in [4.78, 5) is 1.14. The van der Waals surface area contributed by atoms with E-state index in [2.05, 4.69) is 6.92 Å². The number of rotatable bonds is 7.